The number of hydrogen-bond acceptors (Lipinski definition) is 12. The van der Waals surface area contributed by atoms with Crippen molar-refractivity contribution in [3.63, 3.8) is 0 Å². The lowest BCUT2D eigenvalue weighted by atomic mass is 10.0. The molecule has 6 heterocycles. The first-order valence-electron chi connectivity index (χ1n) is 26.0. The number of imide groups is 2. The Kier molecular flexibility index (Phi) is 18.5. The number of H-pyrrole nitrogens is 2. The Morgan fingerprint density at radius 3 is 1.38 bits per heavy atom. The number of thiophene rings is 2. The normalized spacial score (nSPS) is 16.9. The van der Waals surface area contributed by atoms with E-state index >= 15 is 0 Å². The number of nitrogens with one attached hydrogen (secondary N) is 4. The number of benzene rings is 2. The van der Waals surface area contributed by atoms with Crippen LogP contribution in [0.5, 0.6) is 0 Å². The van der Waals surface area contributed by atoms with Crippen LogP contribution in [-0.2, 0) is 67.4 Å². The summed E-state index contributed by atoms with van der Waals surface area (Å²) in [4.78, 5) is 94.9. The van der Waals surface area contributed by atoms with Gasteiger partial charge in [-0.2, -0.15) is 0 Å². The van der Waals surface area contributed by atoms with Crippen molar-refractivity contribution in [2.75, 3.05) is 26.2 Å². The summed E-state index contributed by atoms with van der Waals surface area (Å²) in [6.45, 7) is 11.7. The zero-order valence-corrected chi connectivity index (χ0v) is 44.4. The van der Waals surface area contributed by atoms with E-state index in [9.17, 15) is 28.8 Å². The molecule has 6 amide bonds. The number of fused-ring (bicyclic) bond motifs is 2. The SMILES string of the molecule is CCCN(CCC)C(Cc1c[nH]c2ccc(CCC3NC(=O)N(Cc4cccs4)C3=O)cc12)OC(=O)/C=C\C(=O)OC(Cc1c[nH]c2ccc(CCC3NC(=O)N(Cc4cccs4)C3=O)cc12)N(CCC)CCC. The summed E-state index contributed by atoms with van der Waals surface area (Å²) in [6.07, 6.45) is 11.2. The number of hydrogen-bond donors (Lipinski definition) is 4. The van der Waals surface area contributed by atoms with Crippen LogP contribution >= 0.6 is 22.7 Å². The summed E-state index contributed by atoms with van der Waals surface area (Å²) in [5.41, 5.74) is 5.79. The maximum atomic E-state index is 13.7. The van der Waals surface area contributed by atoms with E-state index in [1.807, 2.05) is 71.7 Å². The number of nitrogens with zero attached hydrogens (tertiary/aromatic N) is 4. The predicted molar refractivity (Wildman–Crippen MR) is 288 cm³/mol. The Hall–Kier alpha value is -6.60. The van der Waals surface area contributed by atoms with Crippen molar-refractivity contribution in [2.24, 2.45) is 0 Å². The molecule has 4 aromatic heterocycles. The molecule has 18 heteroatoms. The van der Waals surface area contributed by atoms with Crippen molar-refractivity contribution in [1.29, 1.82) is 0 Å². The van der Waals surface area contributed by atoms with Gasteiger partial charge in [-0.1, -0.05) is 52.0 Å². The molecule has 16 nitrogen and oxygen atoms in total. The minimum atomic E-state index is -0.658. The van der Waals surface area contributed by atoms with Gasteiger partial charge in [-0.15, -0.1) is 22.7 Å². The standard InChI is InChI=1S/C56H68N8O8S2/c1-5-23-61(24-6-2)49(31-39-33-57-45-17-13-37(29-43(39)45)15-19-47-53(67)63(55(69)59-47)35-41-11-9-27-73-41)71-51(65)21-22-52(66)72-50(62(25-7-3)26-8-4)32-40-34-58-46-18-14-38(30-44(40)46)16-20-48-54(68)64(56(70)60-48)36-42-12-10-28-74-42/h9-14,17-18,21-22,27-30,33-34,47-50,57-58H,5-8,15-16,19-20,23-26,31-32,35-36H2,1-4H3,(H,59,69)(H,60,70)/b22-21-. The van der Waals surface area contributed by atoms with E-state index in [0.717, 1.165) is 91.6 Å². The van der Waals surface area contributed by atoms with E-state index < -0.39 is 36.5 Å². The Labute approximate surface area is 440 Å². The minimum absolute atomic E-state index is 0.218. The number of ether oxygens (including phenoxy) is 2. The average molecular weight is 1050 g/mol. The summed E-state index contributed by atoms with van der Waals surface area (Å²) in [6, 6.07) is 17.9. The first-order valence-corrected chi connectivity index (χ1v) is 27.7. The van der Waals surface area contributed by atoms with Crippen LogP contribution < -0.4 is 10.6 Å². The van der Waals surface area contributed by atoms with Crippen LogP contribution in [0.1, 0.15) is 98.2 Å². The van der Waals surface area contributed by atoms with Gasteiger partial charge in [-0.3, -0.25) is 29.2 Å². The number of aryl methyl sites for hydroxylation is 2. The summed E-state index contributed by atoms with van der Waals surface area (Å²) < 4.78 is 12.4. The van der Waals surface area contributed by atoms with E-state index in [0.29, 0.717) is 64.7 Å². The molecular formula is C56H68N8O8S2. The molecular weight excluding hydrogens is 977 g/mol. The number of urea groups is 2. The molecule has 0 saturated carbocycles. The predicted octanol–water partition coefficient (Wildman–Crippen LogP) is 9.20. The van der Waals surface area contributed by atoms with Crippen molar-refractivity contribution in [3.8, 4) is 0 Å². The Bertz CT molecular complexity index is 2710. The zero-order chi connectivity index (χ0) is 52.1. The van der Waals surface area contributed by atoms with Gasteiger partial charge in [0.05, 0.1) is 13.1 Å². The lowest BCUT2D eigenvalue weighted by molar-refractivity contribution is -0.156. The van der Waals surface area contributed by atoms with Crippen molar-refractivity contribution < 1.29 is 38.2 Å². The Morgan fingerprint density at radius 2 is 1.01 bits per heavy atom. The molecule has 2 saturated heterocycles. The molecule has 4 unspecified atom stereocenters. The molecule has 74 heavy (non-hydrogen) atoms. The average Bonchev–Trinajstić information content (AvgIpc) is 4.28. The summed E-state index contributed by atoms with van der Waals surface area (Å²) >= 11 is 3.02. The molecule has 2 fully saturated rings. The van der Waals surface area contributed by atoms with Crippen LogP contribution in [0, 0.1) is 0 Å². The molecule has 8 rings (SSSR count). The topological polar surface area (TPSA) is 189 Å². The lowest BCUT2D eigenvalue weighted by Crippen LogP contribution is -2.41. The summed E-state index contributed by atoms with van der Waals surface area (Å²) in [5.74, 6) is -1.75. The lowest BCUT2D eigenvalue weighted by Gasteiger charge is -2.31. The molecule has 6 aromatic rings. The van der Waals surface area contributed by atoms with Gasteiger partial charge in [0.15, 0.2) is 12.5 Å². The maximum absolute atomic E-state index is 13.7. The molecule has 2 aliphatic rings. The maximum Gasteiger partial charge on any atom is 0.332 e. The highest BCUT2D eigenvalue weighted by molar-refractivity contribution is 7.10. The fourth-order valence-corrected chi connectivity index (χ4v) is 11.4. The summed E-state index contributed by atoms with van der Waals surface area (Å²) in [7, 11) is 0. The second kappa shape index (κ2) is 25.6. The molecule has 0 aliphatic carbocycles. The third kappa shape index (κ3) is 13.4. The second-order valence-corrected chi connectivity index (χ2v) is 21.1. The molecule has 0 bridgehead atoms. The van der Waals surface area contributed by atoms with Crippen LogP contribution in [0.3, 0.4) is 0 Å². The number of aromatic nitrogens is 2. The van der Waals surface area contributed by atoms with Crippen LogP contribution in [0.15, 0.2) is 96.0 Å². The van der Waals surface area contributed by atoms with Gasteiger partial charge >= 0.3 is 24.0 Å². The minimum Gasteiger partial charge on any atom is -0.443 e. The van der Waals surface area contributed by atoms with Crippen molar-refractivity contribution in [2.45, 2.75) is 130 Å². The van der Waals surface area contributed by atoms with Gasteiger partial charge in [0.1, 0.15) is 12.1 Å². The van der Waals surface area contributed by atoms with Crippen molar-refractivity contribution in [1.82, 2.24) is 40.2 Å². The smallest absolute Gasteiger partial charge is 0.332 e. The van der Waals surface area contributed by atoms with Gasteiger partial charge in [-0.25, -0.2) is 19.2 Å². The molecule has 2 aliphatic heterocycles. The molecule has 392 valence electrons. The number of rotatable bonds is 28. The Morgan fingerprint density at radius 1 is 0.608 bits per heavy atom. The number of carbonyl (C=O) groups excluding carboxylic acids is 6. The number of carbonyl (C=O) groups is 6. The van der Waals surface area contributed by atoms with Gasteiger partial charge < -0.3 is 30.1 Å². The van der Waals surface area contributed by atoms with E-state index in [2.05, 4.69) is 70.2 Å². The van der Waals surface area contributed by atoms with Gasteiger partial charge in [-0.05, 0) is 121 Å². The first-order chi connectivity index (χ1) is 35.9. The zero-order valence-electron chi connectivity index (χ0n) is 42.7. The van der Waals surface area contributed by atoms with Crippen LogP contribution in [0.2, 0.25) is 0 Å². The van der Waals surface area contributed by atoms with Gasteiger partial charge in [0.2, 0.25) is 0 Å². The van der Waals surface area contributed by atoms with Gasteiger partial charge in [0, 0.05) is 95.1 Å². The number of esters is 2. The second-order valence-electron chi connectivity index (χ2n) is 19.1. The molecule has 4 N–H and O–H groups in total. The third-order valence-electron chi connectivity index (χ3n) is 13.6. The summed E-state index contributed by atoms with van der Waals surface area (Å²) in [5, 5.41) is 11.5. The van der Waals surface area contributed by atoms with E-state index in [1.54, 1.807) is 0 Å². The van der Waals surface area contributed by atoms with Crippen LogP contribution in [0.25, 0.3) is 21.8 Å². The quantitative estimate of drug-likeness (QED) is 0.0160. The van der Waals surface area contributed by atoms with E-state index in [1.165, 1.54) is 32.5 Å². The molecule has 0 radical (unpaired) electrons. The van der Waals surface area contributed by atoms with Crippen molar-refractivity contribution >= 4 is 80.3 Å². The highest BCUT2D eigenvalue weighted by atomic mass is 32.1. The fourth-order valence-electron chi connectivity index (χ4n) is 9.98. The first kappa shape index (κ1) is 53.7. The largest absolute Gasteiger partial charge is 0.443 e. The van der Waals surface area contributed by atoms with Crippen molar-refractivity contribution in [3.05, 3.63) is 128 Å². The number of amides is 6. The molecule has 4 atom stereocenters. The third-order valence-corrected chi connectivity index (χ3v) is 15.3. The van der Waals surface area contributed by atoms with E-state index in [-0.39, 0.29) is 37.0 Å². The monoisotopic (exact) mass is 1040 g/mol. The van der Waals surface area contributed by atoms with E-state index in [4.69, 9.17) is 9.47 Å². The number of aromatic amines is 2. The fraction of sp³-hybridized carbons (Fsp3) is 0.429. The van der Waals surface area contributed by atoms with Crippen LogP contribution in [-0.4, -0.2) is 116 Å². The highest BCUT2D eigenvalue weighted by Gasteiger charge is 2.39. The molecule has 0 spiro atoms. The van der Waals surface area contributed by atoms with Gasteiger partial charge in [0.25, 0.3) is 11.8 Å². The molecule has 2 aromatic carbocycles. The Balaban J connectivity index is 0.913. The highest BCUT2D eigenvalue weighted by Crippen LogP contribution is 2.28. The van der Waals surface area contributed by atoms with Crippen LogP contribution in [0.4, 0.5) is 9.59 Å².